The van der Waals surface area contributed by atoms with Crippen molar-refractivity contribution in [2.45, 2.75) is 12.8 Å². The van der Waals surface area contributed by atoms with E-state index in [2.05, 4.69) is 243 Å². The van der Waals surface area contributed by atoms with Crippen molar-refractivity contribution in [1.29, 1.82) is 5.26 Å². The second-order valence-corrected chi connectivity index (χ2v) is 19.5. The van der Waals surface area contributed by atoms with Crippen LogP contribution in [0.2, 0.25) is 0 Å². The lowest BCUT2D eigenvalue weighted by atomic mass is 9.82. The number of rotatable bonds is 6. The van der Waals surface area contributed by atoms with E-state index in [9.17, 15) is 5.26 Å². The molecule has 0 saturated carbocycles. The lowest BCUT2D eigenvalue weighted by molar-refractivity contribution is 1.12. The Kier molecular flexibility index (Phi) is 8.92. The molecule has 0 amide bonds. The van der Waals surface area contributed by atoms with Crippen LogP contribution in [-0.2, 0) is 0 Å². The fraction of sp³-hybridized carbons (Fsp3) is 0.0282. The molecule has 1 heteroatoms. The molecule has 332 valence electrons. The molecular weight excluding hydrogens is 867 g/mol. The molecule has 0 unspecified atom stereocenters. The molecule has 0 radical (unpaired) electrons. The summed E-state index contributed by atoms with van der Waals surface area (Å²) >= 11 is 0. The molecule has 0 aliphatic heterocycles. The third-order valence-electron chi connectivity index (χ3n) is 15.8. The van der Waals surface area contributed by atoms with Crippen LogP contribution in [0.3, 0.4) is 0 Å². The first-order valence-electron chi connectivity index (χ1n) is 25.1. The molecule has 0 heterocycles. The van der Waals surface area contributed by atoms with Crippen molar-refractivity contribution in [2.24, 2.45) is 0 Å². The van der Waals surface area contributed by atoms with Gasteiger partial charge >= 0.3 is 0 Å². The van der Waals surface area contributed by atoms with Gasteiger partial charge in [-0.05, 0) is 185 Å². The molecule has 3 aliphatic carbocycles. The SMILES string of the molecule is N#Cc1cc(-c2ccc3c4c(cccc24)-c2c-3c(-c3ccccc3)c3c(c2-c2ccccc2)=CCCC=3)cc(-c2ccc3c4c(cccc24)-c2c-3c(-c3ccccc3)c3ccccc3c2-c2ccccc2)c1. The predicted molar refractivity (Wildman–Crippen MR) is 303 cm³/mol. The van der Waals surface area contributed by atoms with Gasteiger partial charge < -0.3 is 0 Å². The van der Waals surface area contributed by atoms with Crippen LogP contribution < -0.4 is 10.4 Å². The van der Waals surface area contributed by atoms with Crippen LogP contribution in [0.4, 0.5) is 0 Å². The molecule has 12 aromatic carbocycles. The quantitative estimate of drug-likeness (QED) is 0.163. The maximum atomic E-state index is 10.8. The summed E-state index contributed by atoms with van der Waals surface area (Å²) in [6.45, 7) is 0. The predicted octanol–water partition coefficient (Wildman–Crippen LogP) is 17.7. The minimum Gasteiger partial charge on any atom is -0.192 e. The number of hydrogen-bond donors (Lipinski definition) is 0. The number of hydrogen-bond acceptors (Lipinski definition) is 1. The van der Waals surface area contributed by atoms with Crippen molar-refractivity contribution in [2.75, 3.05) is 0 Å². The molecule has 0 saturated heterocycles. The number of fused-ring (bicyclic) bond motifs is 8. The summed E-state index contributed by atoms with van der Waals surface area (Å²) in [5.74, 6) is 0. The van der Waals surface area contributed by atoms with Crippen LogP contribution in [0.15, 0.2) is 224 Å². The van der Waals surface area contributed by atoms with Crippen LogP contribution in [0.5, 0.6) is 0 Å². The van der Waals surface area contributed by atoms with Gasteiger partial charge in [-0.25, -0.2) is 0 Å². The van der Waals surface area contributed by atoms with Crippen molar-refractivity contribution in [3.05, 3.63) is 240 Å². The Morgan fingerprint density at radius 3 is 1.00 bits per heavy atom. The Morgan fingerprint density at radius 1 is 0.264 bits per heavy atom. The van der Waals surface area contributed by atoms with Gasteiger partial charge in [-0.15, -0.1) is 0 Å². The van der Waals surface area contributed by atoms with Crippen LogP contribution >= 0.6 is 0 Å². The van der Waals surface area contributed by atoms with Gasteiger partial charge in [0.25, 0.3) is 0 Å². The Labute approximate surface area is 418 Å². The minimum atomic E-state index is 0.640. The van der Waals surface area contributed by atoms with E-state index >= 15 is 0 Å². The smallest absolute Gasteiger partial charge is 0.0992 e. The highest BCUT2D eigenvalue weighted by Gasteiger charge is 2.33. The Bertz CT molecular complexity index is 4280. The zero-order valence-corrected chi connectivity index (χ0v) is 39.4. The van der Waals surface area contributed by atoms with E-state index in [0.29, 0.717) is 5.56 Å². The van der Waals surface area contributed by atoms with E-state index in [1.165, 1.54) is 132 Å². The monoisotopic (exact) mass is 909 g/mol. The molecule has 3 aliphatic rings. The van der Waals surface area contributed by atoms with Gasteiger partial charge in [0.05, 0.1) is 11.6 Å². The fourth-order valence-electron chi connectivity index (χ4n) is 13.0. The Morgan fingerprint density at radius 2 is 0.597 bits per heavy atom. The maximum Gasteiger partial charge on any atom is 0.0992 e. The van der Waals surface area contributed by atoms with E-state index in [1.807, 2.05) is 0 Å². The average molecular weight is 910 g/mol. The summed E-state index contributed by atoms with van der Waals surface area (Å²) in [7, 11) is 0. The second-order valence-electron chi connectivity index (χ2n) is 19.5. The summed E-state index contributed by atoms with van der Waals surface area (Å²) in [6, 6.07) is 84.8. The molecule has 72 heavy (non-hydrogen) atoms. The summed E-state index contributed by atoms with van der Waals surface area (Å²) in [4.78, 5) is 0. The van der Waals surface area contributed by atoms with Crippen molar-refractivity contribution < 1.29 is 0 Å². The third kappa shape index (κ3) is 5.81. The Balaban J connectivity index is 0.962. The highest BCUT2D eigenvalue weighted by atomic mass is 14.4. The van der Waals surface area contributed by atoms with E-state index in [1.54, 1.807) is 0 Å². The van der Waals surface area contributed by atoms with Gasteiger partial charge in [-0.2, -0.15) is 5.26 Å². The van der Waals surface area contributed by atoms with Crippen LogP contribution in [0.1, 0.15) is 18.4 Å². The first-order chi connectivity index (χ1) is 35.7. The van der Waals surface area contributed by atoms with E-state index in [4.69, 9.17) is 0 Å². The van der Waals surface area contributed by atoms with Gasteiger partial charge in [-0.1, -0.05) is 218 Å². The largest absolute Gasteiger partial charge is 0.192 e. The topological polar surface area (TPSA) is 23.8 Å². The fourth-order valence-corrected chi connectivity index (χ4v) is 13.0. The molecule has 0 N–H and O–H groups in total. The molecule has 0 spiro atoms. The number of benzene rings is 12. The Hall–Kier alpha value is -9.35. The van der Waals surface area contributed by atoms with Crippen LogP contribution in [0, 0.1) is 11.3 Å². The van der Waals surface area contributed by atoms with Crippen LogP contribution in [0.25, 0.3) is 156 Å². The van der Waals surface area contributed by atoms with Crippen molar-refractivity contribution in [1.82, 2.24) is 0 Å². The molecule has 15 rings (SSSR count). The standard InChI is InChI=1S/C71H43N/c72-42-43-39-48(50-35-37-60-66-52(50)31-17-33-58(66)68-62(44-19-5-1-6-20-44)54-27-13-15-29-56(54)64(70(60)68)46-23-9-3-10-24-46)41-49(40-43)51-36-38-61-67-53(51)32-18-34-59(67)69-63(45-21-7-2-8-22-45)55-28-14-16-30-57(55)65(71(61)69)47-25-11-4-12-26-47/h1-13,15,17-41H,14,16H2. The first-order valence-corrected chi connectivity index (χ1v) is 25.1. The molecule has 0 atom stereocenters. The summed E-state index contributed by atoms with van der Waals surface area (Å²) in [5, 5.41) is 20.9. The average Bonchev–Trinajstić information content (AvgIpc) is 3.96. The summed E-state index contributed by atoms with van der Waals surface area (Å²) in [6.07, 6.45) is 6.98. The highest BCUT2D eigenvalue weighted by Crippen LogP contribution is 2.59. The molecule has 0 bridgehead atoms. The first kappa shape index (κ1) is 40.5. The minimum absolute atomic E-state index is 0.640. The third-order valence-corrected chi connectivity index (χ3v) is 15.8. The normalized spacial score (nSPS) is 12.5. The van der Waals surface area contributed by atoms with E-state index in [-0.39, 0.29) is 0 Å². The second kappa shape index (κ2) is 15.8. The van der Waals surface area contributed by atoms with Crippen LogP contribution in [-0.4, -0.2) is 0 Å². The number of nitrogens with zero attached hydrogens (tertiary/aromatic N) is 1. The molecule has 1 nitrogen and oxygen atoms in total. The molecule has 0 aromatic heterocycles. The summed E-state index contributed by atoms with van der Waals surface area (Å²) < 4.78 is 0. The molecular formula is C71H43N. The van der Waals surface area contributed by atoms with Gasteiger partial charge in [-0.3, -0.25) is 0 Å². The molecule has 12 aromatic rings. The van der Waals surface area contributed by atoms with E-state index in [0.717, 1.165) is 35.1 Å². The lowest BCUT2D eigenvalue weighted by Gasteiger charge is -2.20. The van der Waals surface area contributed by atoms with Gasteiger partial charge in [0.1, 0.15) is 0 Å². The van der Waals surface area contributed by atoms with Gasteiger partial charge in [0, 0.05) is 0 Å². The van der Waals surface area contributed by atoms with Gasteiger partial charge in [0.2, 0.25) is 0 Å². The molecule has 0 fully saturated rings. The lowest BCUT2D eigenvalue weighted by Crippen LogP contribution is -2.32. The van der Waals surface area contributed by atoms with Crippen molar-refractivity contribution >= 4 is 44.5 Å². The van der Waals surface area contributed by atoms with E-state index < -0.39 is 0 Å². The highest BCUT2D eigenvalue weighted by molar-refractivity contribution is 6.29. The zero-order chi connectivity index (χ0) is 47.4. The van der Waals surface area contributed by atoms with Crippen molar-refractivity contribution in [3.8, 4) is 117 Å². The zero-order valence-electron chi connectivity index (χ0n) is 39.4. The maximum absolute atomic E-state index is 10.8. The van der Waals surface area contributed by atoms with Gasteiger partial charge in [0.15, 0.2) is 0 Å². The van der Waals surface area contributed by atoms with Crippen molar-refractivity contribution in [3.63, 3.8) is 0 Å². The number of nitriles is 1. The summed E-state index contributed by atoms with van der Waals surface area (Å²) in [5.41, 5.74) is 25.2.